The maximum absolute atomic E-state index is 10.9. The molecule has 4 heteroatoms. The quantitative estimate of drug-likeness (QED) is 0.418. The molecular formula is C8H16BrNO2. The van der Waals surface area contributed by atoms with Crippen LogP contribution in [-0.2, 0) is 9.63 Å². The van der Waals surface area contributed by atoms with Gasteiger partial charge in [0.1, 0.15) is 0 Å². The number of nitrogens with one attached hydrogen (secondary N) is 1. The third-order valence-electron chi connectivity index (χ3n) is 1.32. The van der Waals surface area contributed by atoms with E-state index in [-0.39, 0.29) is 5.91 Å². The number of hydrogen-bond donors (Lipinski definition) is 1. The molecule has 0 atom stereocenters. The molecule has 0 aromatic rings. The minimum atomic E-state index is -0.0365. The summed E-state index contributed by atoms with van der Waals surface area (Å²) in [5.41, 5.74) is 2.39. The molecule has 0 spiro atoms. The smallest absolute Gasteiger partial charge is 0.243 e. The number of rotatable bonds is 7. The number of hydroxylamine groups is 1. The fourth-order valence-electron chi connectivity index (χ4n) is 0.626. The molecule has 0 fully saturated rings. The summed E-state index contributed by atoms with van der Waals surface area (Å²) in [6.45, 7) is 2.69. The molecule has 3 nitrogen and oxygen atoms in total. The summed E-state index contributed by atoms with van der Waals surface area (Å²) >= 11 is 3.25. The molecule has 0 saturated carbocycles. The van der Waals surface area contributed by atoms with Crippen molar-refractivity contribution in [3.05, 3.63) is 0 Å². The van der Waals surface area contributed by atoms with Gasteiger partial charge in [-0.3, -0.25) is 9.63 Å². The summed E-state index contributed by atoms with van der Waals surface area (Å²) in [6, 6.07) is 0. The molecule has 12 heavy (non-hydrogen) atoms. The summed E-state index contributed by atoms with van der Waals surface area (Å²) in [6.07, 6.45) is 3.44. The van der Waals surface area contributed by atoms with E-state index in [9.17, 15) is 4.79 Å². The zero-order chi connectivity index (χ0) is 9.23. The van der Waals surface area contributed by atoms with Gasteiger partial charge in [0.15, 0.2) is 0 Å². The van der Waals surface area contributed by atoms with E-state index in [4.69, 9.17) is 4.84 Å². The van der Waals surface area contributed by atoms with Crippen molar-refractivity contribution in [1.29, 1.82) is 0 Å². The molecule has 0 radical (unpaired) electrons. The van der Waals surface area contributed by atoms with Gasteiger partial charge in [0.2, 0.25) is 5.91 Å². The lowest BCUT2D eigenvalue weighted by atomic mass is 10.3. The second-order valence-corrected chi connectivity index (χ2v) is 3.31. The molecule has 0 aliphatic carbocycles. The first-order valence-corrected chi connectivity index (χ1v) is 5.40. The SMILES string of the molecule is CCCCONC(=O)CCCBr. The highest BCUT2D eigenvalue weighted by atomic mass is 79.9. The van der Waals surface area contributed by atoms with Gasteiger partial charge in [-0.1, -0.05) is 29.3 Å². The first-order valence-electron chi connectivity index (χ1n) is 4.27. The highest BCUT2D eigenvalue weighted by Gasteiger charge is 1.98. The predicted octanol–water partition coefficient (Wildman–Crippen LogP) is 2.01. The van der Waals surface area contributed by atoms with Crippen LogP contribution in [0.1, 0.15) is 32.6 Å². The third kappa shape index (κ3) is 8.01. The Morgan fingerprint density at radius 3 is 2.83 bits per heavy atom. The first-order chi connectivity index (χ1) is 5.81. The van der Waals surface area contributed by atoms with Crippen molar-refractivity contribution in [2.45, 2.75) is 32.6 Å². The van der Waals surface area contributed by atoms with Gasteiger partial charge in [-0.15, -0.1) is 0 Å². The van der Waals surface area contributed by atoms with E-state index in [1.807, 2.05) is 0 Å². The van der Waals surface area contributed by atoms with Gasteiger partial charge in [0, 0.05) is 11.8 Å². The van der Waals surface area contributed by atoms with Gasteiger partial charge in [-0.2, -0.15) is 0 Å². The minimum Gasteiger partial charge on any atom is -0.274 e. The fraction of sp³-hybridized carbons (Fsp3) is 0.875. The molecule has 0 bridgehead atoms. The van der Waals surface area contributed by atoms with Gasteiger partial charge >= 0.3 is 0 Å². The lowest BCUT2D eigenvalue weighted by molar-refractivity contribution is -0.133. The van der Waals surface area contributed by atoms with Crippen LogP contribution >= 0.6 is 15.9 Å². The Kier molecular flexibility index (Phi) is 8.93. The van der Waals surface area contributed by atoms with E-state index in [2.05, 4.69) is 28.3 Å². The Hall–Kier alpha value is -0.0900. The highest BCUT2D eigenvalue weighted by Crippen LogP contribution is 1.93. The number of carbonyl (C=O) groups excluding carboxylic acids is 1. The molecule has 0 aromatic heterocycles. The summed E-state index contributed by atoms with van der Waals surface area (Å²) in [5.74, 6) is -0.0365. The van der Waals surface area contributed by atoms with Crippen molar-refractivity contribution in [1.82, 2.24) is 5.48 Å². The van der Waals surface area contributed by atoms with Crippen molar-refractivity contribution in [2.24, 2.45) is 0 Å². The van der Waals surface area contributed by atoms with Crippen LogP contribution in [0.4, 0.5) is 0 Å². The van der Waals surface area contributed by atoms with Gasteiger partial charge in [-0.25, -0.2) is 5.48 Å². The lowest BCUT2D eigenvalue weighted by Crippen LogP contribution is -2.23. The van der Waals surface area contributed by atoms with Crippen LogP contribution in [0, 0.1) is 0 Å². The van der Waals surface area contributed by atoms with Crippen LogP contribution in [0.5, 0.6) is 0 Å². The molecule has 0 rings (SSSR count). The van der Waals surface area contributed by atoms with E-state index in [0.717, 1.165) is 24.6 Å². The maximum Gasteiger partial charge on any atom is 0.243 e. The Morgan fingerprint density at radius 2 is 2.25 bits per heavy atom. The highest BCUT2D eigenvalue weighted by molar-refractivity contribution is 9.09. The fourth-order valence-corrected chi connectivity index (χ4v) is 0.907. The minimum absolute atomic E-state index is 0.0365. The Bertz CT molecular complexity index is 120. The summed E-state index contributed by atoms with van der Waals surface area (Å²) in [7, 11) is 0. The van der Waals surface area contributed by atoms with E-state index in [1.54, 1.807) is 0 Å². The van der Waals surface area contributed by atoms with E-state index < -0.39 is 0 Å². The topological polar surface area (TPSA) is 38.3 Å². The average Bonchev–Trinajstić information content (AvgIpc) is 2.09. The van der Waals surface area contributed by atoms with Crippen LogP contribution < -0.4 is 5.48 Å². The van der Waals surface area contributed by atoms with Crippen molar-refractivity contribution in [3.8, 4) is 0 Å². The van der Waals surface area contributed by atoms with Crippen molar-refractivity contribution in [2.75, 3.05) is 11.9 Å². The number of halogens is 1. The van der Waals surface area contributed by atoms with Crippen molar-refractivity contribution >= 4 is 21.8 Å². The average molecular weight is 238 g/mol. The van der Waals surface area contributed by atoms with Crippen LogP contribution in [0.2, 0.25) is 0 Å². The zero-order valence-corrected chi connectivity index (χ0v) is 9.02. The Labute approximate surface area is 81.9 Å². The molecule has 0 aliphatic rings. The summed E-state index contributed by atoms with van der Waals surface area (Å²) in [4.78, 5) is 15.8. The number of unbranched alkanes of at least 4 members (excludes halogenated alkanes) is 1. The first kappa shape index (κ1) is 11.9. The third-order valence-corrected chi connectivity index (χ3v) is 1.88. The maximum atomic E-state index is 10.9. The number of amides is 1. The van der Waals surface area contributed by atoms with E-state index >= 15 is 0 Å². The molecule has 0 aromatic carbocycles. The molecule has 1 N–H and O–H groups in total. The van der Waals surface area contributed by atoms with Crippen LogP contribution in [0.15, 0.2) is 0 Å². The second-order valence-electron chi connectivity index (χ2n) is 2.52. The normalized spacial score (nSPS) is 9.83. The molecule has 1 amide bonds. The Morgan fingerprint density at radius 1 is 1.50 bits per heavy atom. The van der Waals surface area contributed by atoms with Crippen LogP contribution in [0.3, 0.4) is 0 Å². The van der Waals surface area contributed by atoms with E-state index in [1.165, 1.54) is 0 Å². The van der Waals surface area contributed by atoms with Gasteiger partial charge in [0.05, 0.1) is 6.61 Å². The summed E-state index contributed by atoms with van der Waals surface area (Å²) in [5, 5.41) is 0.857. The monoisotopic (exact) mass is 237 g/mol. The van der Waals surface area contributed by atoms with Crippen molar-refractivity contribution in [3.63, 3.8) is 0 Å². The van der Waals surface area contributed by atoms with Crippen molar-refractivity contribution < 1.29 is 9.63 Å². The van der Waals surface area contributed by atoms with Gasteiger partial charge in [-0.05, 0) is 12.8 Å². The molecule has 0 unspecified atom stereocenters. The Balaban J connectivity index is 3.08. The van der Waals surface area contributed by atoms with Gasteiger partial charge in [0.25, 0.3) is 0 Å². The van der Waals surface area contributed by atoms with Gasteiger partial charge < -0.3 is 0 Å². The molecule has 0 saturated heterocycles. The second kappa shape index (κ2) is 9.00. The summed E-state index contributed by atoms with van der Waals surface area (Å²) < 4.78 is 0. The number of alkyl halides is 1. The number of carbonyl (C=O) groups is 1. The van der Waals surface area contributed by atoms with Crippen LogP contribution in [-0.4, -0.2) is 17.8 Å². The molecule has 72 valence electrons. The predicted molar refractivity (Wildman–Crippen MR) is 52.0 cm³/mol. The van der Waals surface area contributed by atoms with Crippen LogP contribution in [0.25, 0.3) is 0 Å². The van der Waals surface area contributed by atoms with E-state index in [0.29, 0.717) is 13.0 Å². The largest absolute Gasteiger partial charge is 0.274 e. The standard InChI is InChI=1S/C8H16BrNO2/c1-2-3-7-12-10-8(11)5-4-6-9/h2-7H2,1H3,(H,10,11). The lowest BCUT2D eigenvalue weighted by Gasteiger charge is -2.03. The molecule has 0 aliphatic heterocycles. The molecule has 0 heterocycles. The zero-order valence-electron chi connectivity index (χ0n) is 7.44. The number of hydrogen-bond acceptors (Lipinski definition) is 2. The molecular weight excluding hydrogens is 222 g/mol.